The van der Waals surface area contributed by atoms with Gasteiger partial charge < -0.3 is 11.1 Å². The number of nitriles is 1. The highest BCUT2D eigenvalue weighted by atomic mass is 15.2. The van der Waals surface area contributed by atoms with Crippen LogP contribution in [-0.2, 0) is 0 Å². The topological polar surface area (TPSA) is 103 Å². The minimum Gasteiger partial charge on any atom is -0.398 e. The lowest BCUT2D eigenvalue weighted by molar-refractivity contribution is 0.796. The molecule has 0 spiro atoms. The highest BCUT2D eigenvalue weighted by Gasteiger charge is 2.08. The number of benzene rings is 1. The molecule has 1 aromatic carbocycles. The van der Waals surface area contributed by atoms with Crippen LogP contribution in [-0.4, -0.2) is 15.2 Å². The van der Waals surface area contributed by atoms with E-state index in [1.54, 1.807) is 12.1 Å². The number of H-pyrrole nitrogens is 1. The van der Waals surface area contributed by atoms with Gasteiger partial charge in [-0.05, 0) is 25.1 Å². The summed E-state index contributed by atoms with van der Waals surface area (Å²) in [7, 11) is 0. The van der Waals surface area contributed by atoms with Crippen molar-refractivity contribution in [2.75, 3.05) is 11.1 Å². The number of aromatic nitrogens is 3. The standard InChI is InChI=1S/C11H12N6/c1-7(11-14-6-15-17-11)16-9-2-3-10(13)8(4-9)5-12/h2-4,6-7,16H,13H2,1H3,(H,14,15,17). The highest BCUT2D eigenvalue weighted by Crippen LogP contribution is 2.20. The monoisotopic (exact) mass is 228 g/mol. The van der Waals surface area contributed by atoms with Crippen molar-refractivity contribution in [2.24, 2.45) is 0 Å². The van der Waals surface area contributed by atoms with E-state index in [0.29, 0.717) is 11.3 Å². The summed E-state index contributed by atoms with van der Waals surface area (Å²) < 4.78 is 0. The van der Waals surface area contributed by atoms with E-state index in [-0.39, 0.29) is 6.04 Å². The third-order valence-electron chi connectivity index (χ3n) is 2.40. The van der Waals surface area contributed by atoms with E-state index < -0.39 is 0 Å². The number of aromatic amines is 1. The zero-order valence-electron chi connectivity index (χ0n) is 9.31. The number of nitrogens with one attached hydrogen (secondary N) is 2. The molecule has 6 nitrogen and oxygen atoms in total. The summed E-state index contributed by atoms with van der Waals surface area (Å²) in [5.74, 6) is 0.736. The first kappa shape index (κ1) is 11.0. The smallest absolute Gasteiger partial charge is 0.146 e. The number of hydrogen-bond acceptors (Lipinski definition) is 5. The molecule has 2 aromatic rings. The first-order chi connectivity index (χ1) is 8.20. The number of hydrogen-bond donors (Lipinski definition) is 3. The largest absolute Gasteiger partial charge is 0.398 e. The van der Waals surface area contributed by atoms with E-state index in [4.69, 9.17) is 11.0 Å². The lowest BCUT2D eigenvalue weighted by Crippen LogP contribution is -2.08. The van der Waals surface area contributed by atoms with E-state index in [1.807, 2.05) is 19.1 Å². The van der Waals surface area contributed by atoms with Gasteiger partial charge in [0.1, 0.15) is 18.2 Å². The second-order valence-electron chi connectivity index (χ2n) is 3.65. The molecule has 0 aliphatic carbocycles. The molecule has 86 valence electrons. The number of rotatable bonds is 3. The molecule has 0 fully saturated rings. The Morgan fingerprint density at radius 2 is 2.35 bits per heavy atom. The van der Waals surface area contributed by atoms with Crippen molar-refractivity contribution in [3.8, 4) is 6.07 Å². The van der Waals surface area contributed by atoms with Gasteiger partial charge in [0.2, 0.25) is 0 Å². The highest BCUT2D eigenvalue weighted by molar-refractivity contribution is 5.62. The van der Waals surface area contributed by atoms with Crippen LogP contribution < -0.4 is 11.1 Å². The fourth-order valence-corrected chi connectivity index (χ4v) is 1.48. The second kappa shape index (κ2) is 4.53. The lowest BCUT2D eigenvalue weighted by Gasteiger charge is -2.13. The molecule has 0 saturated heterocycles. The number of nitrogens with two attached hydrogens (primary N) is 1. The van der Waals surface area contributed by atoms with E-state index in [0.717, 1.165) is 11.5 Å². The molecule has 4 N–H and O–H groups in total. The summed E-state index contributed by atoms with van der Waals surface area (Å²) in [4.78, 5) is 4.05. The first-order valence-corrected chi connectivity index (χ1v) is 5.12. The molecule has 1 unspecified atom stereocenters. The molecular formula is C11H12N6. The van der Waals surface area contributed by atoms with Crippen LogP contribution in [0, 0.1) is 11.3 Å². The molecule has 0 saturated carbocycles. The van der Waals surface area contributed by atoms with Crippen LogP contribution in [0.2, 0.25) is 0 Å². The van der Waals surface area contributed by atoms with Crippen LogP contribution in [0.3, 0.4) is 0 Å². The second-order valence-corrected chi connectivity index (χ2v) is 3.65. The Morgan fingerprint density at radius 3 is 3.00 bits per heavy atom. The fraction of sp³-hybridized carbons (Fsp3) is 0.182. The summed E-state index contributed by atoms with van der Waals surface area (Å²) in [6.45, 7) is 1.95. The van der Waals surface area contributed by atoms with Gasteiger partial charge in [-0.15, -0.1) is 0 Å². The van der Waals surface area contributed by atoms with Gasteiger partial charge in [0.05, 0.1) is 11.6 Å². The Balaban J connectivity index is 2.17. The molecule has 17 heavy (non-hydrogen) atoms. The van der Waals surface area contributed by atoms with Crippen LogP contribution >= 0.6 is 0 Å². The minimum atomic E-state index is -0.0207. The zero-order chi connectivity index (χ0) is 12.3. The average Bonchev–Trinajstić information content (AvgIpc) is 2.85. The van der Waals surface area contributed by atoms with Crippen molar-refractivity contribution in [2.45, 2.75) is 13.0 Å². The summed E-state index contributed by atoms with van der Waals surface area (Å²) in [6.07, 6.45) is 1.46. The SMILES string of the molecule is CC(Nc1ccc(N)c(C#N)c1)c1ncn[nH]1. The molecule has 1 heterocycles. The summed E-state index contributed by atoms with van der Waals surface area (Å²) >= 11 is 0. The van der Waals surface area contributed by atoms with Crippen LogP contribution in [0.25, 0.3) is 0 Å². The zero-order valence-corrected chi connectivity index (χ0v) is 9.31. The molecule has 6 heteroatoms. The van der Waals surface area contributed by atoms with Crippen LogP contribution in [0.1, 0.15) is 24.4 Å². The lowest BCUT2D eigenvalue weighted by atomic mass is 10.1. The Bertz CT molecular complexity index is 540. The van der Waals surface area contributed by atoms with E-state index in [9.17, 15) is 0 Å². The maximum Gasteiger partial charge on any atom is 0.146 e. The van der Waals surface area contributed by atoms with Gasteiger partial charge in [0, 0.05) is 11.4 Å². The normalized spacial score (nSPS) is 11.8. The van der Waals surface area contributed by atoms with Crippen molar-refractivity contribution in [3.63, 3.8) is 0 Å². The van der Waals surface area contributed by atoms with Crippen molar-refractivity contribution in [3.05, 3.63) is 35.9 Å². The first-order valence-electron chi connectivity index (χ1n) is 5.12. The fourth-order valence-electron chi connectivity index (χ4n) is 1.48. The van der Waals surface area contributed by atoms with Crippen LogP contribution in [0.4, 0.5) is 11.4 Å². The van der Waals surface area contributed by atoms with Crippen molar-refractivity contribution in [1.29, 1.82) is 5.26 Å². The van der Waals surface area contributed by atoms with Gasteiger partial charge in [-0.25, -0.2) is 4.98 Å². The number of anilines is 2. The van der Waals surface area contributed by atoms with Gasteiger partial charge in [-0.3, -0.25) is 5.10 Å². The number of nitrogen functional groups attached to an aromatic ring is 1. The molecule has 1 aromatic heterocycles. The van der Waals surface area contributed by atoms with Crippen LogP contribution in [0.5, 0.6) is 0 Å². The van der Waals surface area contributed by atoms with Gasteiger partial charge >= 0.3 is 0 Å². The van der Waals surface area contributed by atoms with Crippen molar-refractivity contribution in [1.82, 2.24) is 15.2 Å². The van der Waals surface area contributed by atoms with Crippen LogP contribution in [0.15, 0.2) is 24.5 Å². The van der Waals surface area contributed by atoms with Gasteiger partial charge in [0.15, 0.2) is 0 Å². The van der Waals surface area contributed by atoms with Crippen molar-refractivity contribution >= 4 is 11.4 Å². The predicted molar refractivity (Wildman–Crippen MR) is 64.0 cm³/mol. The molecule has 0 bridgehead atoms. The molecule has 2 rings (SSSR count). The maximum absolute atomic E-state index is 8.87. The summed E-state index contributed by atoms with van der Waals surface area (Å²) in [6, 6.07) is 7.26. The molecule has 0 amide bonds. The van der Waals surface area contributed by atoms with E-state index in [2.05, 4.69) is 20.5 Å². The van der Waals surface area contributed by atoms with E-state index >= 15 is 0 Å². The number of nitrogens with zero attached hydrogens (tertiary/aromatic N) is 3. The molecule has 1 atom stereocenters. The Kier molecular flexibility index (Phi) is 2.92. The molecule has 0 aliphatic heterocycles. The Morgan fingerprint density at radius 1 is 1.53 bits per heavy atom. The third-order valence-corrected chi connectivity index (χ3v) is 2.40. The van der Waals surface area contributed by atoms with E-state index in [1.165, 1.54) is 6.33 Å². The third kappa shape index (κ3) is 2.34. The summed E-state index contributed by atoms with van der Waals surface area (Å²) in [5, 5.41) is 18.6. The molecule has 0 radical (unpaired) electrons. The van der Waals surface area contributed by atoms with Gasteiger partial charge in [0.25, 0.3) is 0 Å². The Hall–Kier alpha value is -2.55. The quantitative estimate of drug-likeness (QED) is 0.689. The van der Waals surface area contributed by atoms with Gasteiger partial charge in [-0.1, -0.05) is 0 Å². The molecular weight excluding hydrogens is 216 g/mol. The van der Waals surface area contributed by atoms with Gasteiger partial charge in [-0.2, -0.15) is 10.4 Å². The minimum absolute atomic E-state index is 0.0207. The molecule has 0 aliphatic rings. The summed E-state index contributed by atoms with van der Waals surface area (Å²) in [5.41, 5.74) is 7.40. The van der Waals surface area contributed by atoms with Crippen molar-refractivity contribution < 1.29 is 0 Å². The predicted octanol–water partition coefficient (Wildman–Crippen LogP) is 1.43. The average molecular weight is 228 g/mol. The Labute approximate surface area is 98.5 Å². The maximum atomic E-state index is 8.87.